The monoisotopic (exact) mass is 413 g/mol. The Balaban J connectivity index is 2.24. The summed E-state index contributed by atoms with van der Waals surface area (Å²) in [6.45, 7) is 5.03. The number of esters is 1. The van der Waals surface area contributed by atoms with Gasteiger partial charge in [0.1, 0.15) is 6.04 Å². The lowest BCUT2D eigenvalue weighted by Gasteiger charge is -2.29. The van der Waals surface area contributed by atoms with Gasteiger partial charge >= 0.3 is 5.97 Å². The Hall–Kier alpha value is -2.17. The van der Waals surface area contributed by atoms with E-state index >= 15 is 0 Å². The van der Waals surface area contributed by atoms with E-state index in [4.69, 9.17) is 4.74 Å². The minimum Gasteiger partial charge on any atom is -0.468 e. The van der Waals surface area contributed by atoms with E-state index in [1.165, 1.54) is 7.11 Å². The van der Waals surface area contributed by atoms with Gasteiger partial charge in [-0.2, -0.15) is 0 Å². The molecule has 0 N–H and O–H groups in total. The fourth-order valence-corrected chi connectivity index (χ4v) is 3.34. The average Bonchev–Trinajstić information content (AvgIpc) is 2.66. The van der Waals surface area contributed by atoms with Gasteiger partial charge in [0.2, 0.25) is 0 Å². The molecule has 0 amide bonds. The zero-order valence-corrected chi connectivity index (χ0v) is 16.6. The van der Waals surface area contributed by atoms with Crippen molar-refractivity contribution in [2.45, 2.75) is 19.0 Å². The molecule has 3 nitrogen and oxygen atoms in total. The van der Waals surface area contributed by atoms with Gasteiger partial charge < -0.3 is 4.74 Å². The van der Waals surface area contributed by atoms with Crippen molar-refractivity contribution in [3.63, 3.8) is 0 Å². The summed E-state index contributed by atoms with van der Waals surface area (Å²) < 4.78 is 6.02. The van der Waals surface area contributed by atoms with Crippen LogP contribution in [0.25, 0.3) is 6.08 Å². The van der Waals surface area contributed by atoms with E-state index in [2.05, 4.69) is 45.6 Å². The van der Waals surface area contributed by atoms with Crippen molar-refractivity contribution in [2.24, 2.45) is 0 Å². The van der Waals surface area contributed by atoms with Crippen molar-refractivity contribution in [3.8, 4) is 0 Å². The topological polar surface area (TPSA) is 29.5 Å². The predicted octanol–water partition coefficient (Wildman–Crippen LogP) is 5.04. The van der Waals surface area contributed by atoms with Crippen molar-refractivity contribution in [1.82, 2.24) is 4.90 Å². The average molecular weight is 414 g/mol. The second-order valence-corrected chi connectivity index (χ2v) is 6.97. The zero-order valence-electron chi connectivity index (χ0n) is 15.0. The van der Waals surface area contributed by atoms with Gasteiger partial charge in [0.25, 0.3) is 0 Å². The van der Waals surface area contributed by atoms with Crippen LogP contribution in [0.3, 0.4) is 0 Å². The lowest BCUT2D eigenvalue weighted by molar-refractivity contribution is -0.146. The van der Waals surface area contributed by atoms with E-state index in [1.807, 2.05) is 48.5 Å². The van der Waals surface area contributed by atoms with Crippen molar-refractivity contribution in [1.29, 1.82) is 0 Å². The first-order valence-electron chi connectivity index (χ1n) is 8.52. The molecule has 26 heavy (non-hydrogen) atoms. The smallest absolute Gasteiger partial charge is 0.323 e. The SMILES string of the molecule is C=CCC(C(=O)OC)N(CC(Br)=Cc1ccccc1)Cc1ccccc1. The van der Waals surface area contributed by atoms with E-state index in [-0.39, 0.29) is 12.0 Å². The number of hydrogen-bond acceptors (Lipinski definition) is 3. The lowest BCUT2D eigenvalue weighted by atomic mass is 10.1. The van der Waals surface area contributed by atoms with Crippen LogP contribution in [0.4, 0.5) is 0 Å². The third-order valence-electron chi connectivity index (χ3n) is 4.01. The Labute approximate surface area is 164 Å². The van der Waals surface area contributed by atoms with Crippen LogP contribution in [0.15, 0.2) is 77.8 Å². The molecule has 0 bridgehead atoms. The summed E-state index contributed by atoms with van der Waals surface area (Å²) >= 11 is 3.66. The van der Waals surface area contributed by atoms with Crippen LogP contribution in [0, 0.1) is 0 Å². The zero-order chi connectivity index (χ0) is 18.8. The minimum absolute atomic E-state index is 0.249. The van der Waals surface area contributed by atoms with Gasteiger partial charge in [0.05, 0.1) is 7.11 Å². The van der Waals surface area contributed by atoms with Gasteiger partial charge in [-0.25, -0.2) is 0 Å². The molecule has 136 valence electrons. The quantitative estimate of drug-likeness (QED) is 0.425. The highest BCUT2D eigenvalue weighted by molar-refractivity contribution is 9.11. The number of benzene rings is 2. The first-order chi connectivity index (χ1) is 12.6. The third kappa shape index (κ3) is 6.28. The van der Waals surface area contributed by atoms with E-state index in [1.54, 1.807) is 6.08 Å². The number of carbonyl (C=O) groups is 1. The summed E-state index contributed by atoms with van der Waals surface area (Å²) in [5.74, 6) is -0.249. The largest absolute Gasteiger partial charge is 0.468 e. The highest BCUT2D eigenvalue weighted by Crippen LogP contribution is 2.19. The van der Waals surface area contributed by atoms with Gasteiger partial charge in [0, 0.05) is 17.6 Å². The Morgan fingerprint density at radius 3 is 2.35 bits per heavy atom. The molecule has 1 atom stereocenters. The molecule has 2 aromatic carbocycles. The molecule has 0 aliphatic carbocycles. The van der Waals surface area contributed by atoms with Crippen molar-refractivity contribution < 1.29 is 9.53 Å². The summed E-state index contributed by atoms with van der Waals surface area (Å²) in [7, 11) is 1.42. The summed E-state index contributed by atoms with van der Waals surface area (Å²) in [5, 5.41) is 0. The van der Waals surface area contributed by atoms with Crippen LogP contribution < -0.4 is 0 Å². The summed E-state index contributed by atoms with van der Waals surface area (Å²) in [4.78, 5) is 14.4. The van der Waals surface area contributed by atoms with Crippen LogP contribution in [0.5, 0.6) is 0 Å². The number of hydrogen-bond donors (Lipinski definition) is 0. The maximum Gasteiger partial charge on any atom is 0.323 e. The molecule has 0 aliphatic rings. The molecule has 0 radical (unpaired) electrons. The maximum absolute atomic E-state index is 12.3. The molecule has 0 spiro atoms. The van der Waals surface area contributed by atoms with Crippen LogP contribution in [0.1, 0.15) is 17.5 Å². The third-order valence-corrected chi connectivity index (χ3v) is 4.49. The first-order valence-corrected chi connectivity index (χ1v) is 9.31. The van der Waals surface area contributed by atoms with Crippen LogP contribution in [-0.4, -0.2) is 30.6 Å². The second kappa shape index (κ2) is 10.7. The molecule has 0 heterocycles. The number of carbonyl (C=O) groups excluding carboxylic acids is 1. The van der Waals surface area contributed by atoms with Crippen LogP contribution in [-0.2, 0) is 16.1 Å². The lowest BCUT2D eigenvalue weighted by Crippen LogP contribution is -2.41. The number of ether oxygens (including phenoxy) is 1. The standard InChI is InChI=1S/C22H24BrNO2/c1-3-10-21(22(25)26-2)24(16-19-13-8-5-9-14-19)17-20(23)15-18-11-6-4-7-12-18/h3-9,11-15,21H,1,10,16-17H2,2H3. The molecule has 0 fully saturated rings. The van der Waals surface area contributed by atoms with E-state index in [9.17, 15) is 4.79 Å². The Morgan fingerprint density at radius 2 is 1.77 bits per heavy atom. The Morgan fingerprint density at radius 1 is 1.15 bits per heavy atom. The fourth-order valence-electron chi connectivity index (χ4n) is 2.75. The van der Waals surface area contributed by atoms with Crippen molar-refractivity contribution >= 4 is 28.0 Å². The van der Waals surface area contributed by atoms with E-state index in [0.29, 0.717) is 19.5 Å². The summed E-state index contributed by atoms with van der Waals surface area (Å²) in [6.07, 6.45) is 4.36. The van der Waals surface area contributed by atoms with Gasteiger partial charge in [-0.1, -0.05) is 82.7 Å². The Bertz CT molecular complexity index is 728. The van der Waals surface area contributed by atoms with Crippen molar-refractivity contribution in [2.75, 3.05) is 13.7 Å². The molecule has 0 aromatic heterocycles. The molecule has 0 saturated heterocycles. The molecule has 4 heteroatoms. The van der Waals surface area contributed by atoms with E-state index < -0.39 is 0 Å². The van der Waals surface area contributed by atoms with Gasteiger partial charge in [0.15, 0.2) is 0 Å². The van der Waals surface area contributed by atoms with Crippen LogP contribution >= 0.6 is 15.9 Å². The fraction of sp³-hybridized carbons (Fsp3) is 0.227. The highest BCUT2D eigenvalue weighted by atomic mass is 79.9. The number of halogens is 1. The van der Waals surface area contributed by atoms with Gasteiger partial charge in [-0.05, 0) is 23.6 Å². The molecule has 2 aromatic rings. The number of rotatable bonds is 9. The predicted molar refractivity (Wildman–Crippen MR) is 111 cm³/mol. The maximum atomic E-state index is 12.3. The van der Waals surface area contributed by atoms with Crippen LogP contribution in [0.2, 0.25) is 0 Å². The summed E-state index contributed by atoms with van der Waals surface area (Å²) in [6, 6.07) is 19.8. The molecular weight excluding hydrogens is 390 g/mol. The first kappa shape index (κ1) is 20.1. The number of methoxy groups -OCH3 is 1. The Kier molecular flexibility index (Phi) is 8.32. The molecular formula is C22H24BrNO2. The highest BCUT2D eigenvalue weighted by Gasteiger charge is 2.26. The van der Waals surface area contributed by atoms with Crippen molar-refractivity contribution in [3.05, 3.63) is 88.9 Å². The van der Waals surface area contributed by atoms with E-state index in [0.717, 1.165) is 15.6 Å². The number of nitrogens with zero attached hydrogens (tertiary/aromatic N) is 1. The molecule has 2 rings (SSSR count). The molecule has 0 aliphatic heterocycles. The summed E-state index contributed by atoms with van der Waals surface area (Å²) in [5.41, 5.74) is 2.25. The molecule has 1 unspecified atom stereocenters. The second-order valence-electron chi connectivity index (χ2n) is 5.96. The minimum atomic E-state index is -0.380. The van der Waals surface area contributed by atoms with Gasteiger partial charge in [-0.15, -0.1) is 6.58 Å². The van der Waals surface area contributed by atoms with Gasteiger partial charge in [-0.3, -0.25) is 9.69 Å². The normalized spacial score (nSPS) is 12.7. The molecule has 0 saturated carbocycles.